The van der Waals surface area contributed by atoms with Gasteiger partial charge in [-0.1, -0.05) is 47.2 Å². The zero-order valence-electron chi connectivity index (χ0n) is 16.3. The average molecular weight is 425 g/mol. The number of allylic oxidation sites excluding steroid dienone is 1. The van der Waals surface area contributed by atoms with Crippen molar-refractivity contribution in [3.8, 4) is 0 Å². The van der Waals surface area contributed by atoms with Gasteiger partial charge in [0.15, 0.2) is 4.80 Å². The van der Waals surface area contributed by atoms with E-state index in [-0.39, 0.29) is 12.2 Å². The Kier molecular flexibility index (Phi) is 5.34. The summed E-state index contributed by atoms with van der Waals surface area (Å²) in [6.07, 6.45) is 1.88. The van der Waals surface area contributed by atoms with Gasteiger partial charge in [-0.2, -0.15) is 0 Å². The van der Waals surface area contributed by atoms with Crippen LogP contribution in [-0.4, -0.2) is 17.1 Å². The topological polar surface area (TPSA) is 60.7 Å². The van der Waals surface area contributed by atoms with Crippen LogP contribution < -0.4 is 14.9 Å². The summed E-state index contributed by atoms with van der Waals surface area (Å²) in [5, 5.41) is 1.97. The maximum Gasteiger partial charge on any atom is 0.338 e. The molecular formula is C22H20N2O3S2. The second kappa shape index (κ2) is 7.93. The Bertz CT molecular complexity index is 1260. The quantitative estimate of drug-likeness (QED) is 0.605. The minimum atomic E-state index is -0.559. The van der Waals surface area contributed by atoms with Crippen LogP contribution in [-0.2, 0) is 9.53 Å². The lowest BCUT2D eigenvalue weighted by atomic mass is 9.95. The molecule has 1 aliphatic heterocycles. The van der Waals surface area contributed by atoms with Gasteiger partial charge in [-0.15, -0.1) is 11.3 Å². The van der Waals surface area contributed by atoms with Crippen molar-refractivity contribution in [2.75, 3.05) is 6.61 Å². The van der Waals surface area contributed by atoms with Gasteiger partial charge in [0.1, 0.15) is 0 Å². The highest BCUT2D eigenvalue weighted by molar-refractivity contribution is 7.11. The van der Waals surface area contributed by atoms with Gasteiger partial charge in [0.25, 0.3) is 5.56 Å². The van der Waals surface area contributed by atoms with Gasteiger partial charge >= 0.3 is 5.97 Å². The molecule has 148 valence electrons. The SMILES string of the molecule is CCOC(=O)C1=C(C)N=c2s/c(=C\c3cccs3)c(=O)n2[C@H]1c1ccc(C)cc1. The van der Waals surface area contributed by atoms with Gasteiger partial charge in [-0.05, 0) is 43.9 Å². The summed E-state index contributed by atoms with van der Waals surface area (Å²) < 4.78 is 7.52. The van der Waals surface area contributed by atoms with Crippen molar-refractivity contribution in [1.82, 2.24) is 4.57 Å². The van der Waals surface area contributed by atoms with Crippen LogP contribution in [0, 0.1) is 6.92 Å². The number of fused-ring (bicyclic) bond motifs is 1. The third-order valence-electron chi connectivity index (χ3n) is 4.73. The van der Waals surface area contributed by atoms with E-state index in [2.05, 4.69) is 4.99 Å². The fourth-order valence-electron chi connectivity index (χ4n) is 3.36. The van der Waals surface area contributed by atoms with Gasteiger partial charge in [-0.25, -0.2) is 9.79 Å². The fourth-order valence-corrected chi connectivity index (χ4v) is 5.13. The van der Waals surface area contributed by atoms with Gasteiger partial charge < -0.3 is 4.74 Å². The lowest BCUT2D eigenvalue weighted by molar-refractivity contribution is -0.139. The Hall–Kier alpha value is -2.77. The molecule has 5 nitrogen and oxygen atoms in total. The van der Waals surface area contributed by atoms with Crippen LogP contribution in [0.25, 0.3) is 6.08 Å². The molecule has 0 amide bonds. The van der Waals surface area contributed by atoms with Crippen LogP contribution in [0.15, 0.2) is 62.8 Å². The fraction of sp³-hybridized carbons (Fsp3) is 0.227. The monoisotopic (exact) mass is 424 g/mol. The van der Waals surface area contributed by atoms with Gasteiger partial charge in [0.2, 0.25) is 0 Å². The molecule has 0 saturated carbocycles. The Balaban J connectivity index is 1.97. The lowest BCUT2D eigenvalue weighted by Gasteiger charge is -2.24. The van der Waals surface area contributed by atoms with E-state index in [1.807, 2.05) is 54.8 Å². The minimum absolute atomic E-state index is 0.151. The molecule has 29 heavy (non-hydrogen) atoms. The molecule has 2 aromatic heterocycles. The van der Waals surface area contributed by atoms with E-state index in [1.165, 1.54) is 11.3 Å². The average Bonchev–Trinajstić information content (AvgIpc) is 3.30. The van der Waals surface area contributed by atoms with Crippen molar-refractivity contribution in [3.63, 3.8) is 0 Å². The molecule has 0 radical (unpaired) electrons. The normalized spacial score (nSPS) is 16.5. The number of hydrogen-bond donors (Lipinski definition) is 0. The van der Waals surface area contributed by atoms with Crippen LogP contribution in [0.1, 0.15) is 35.9 Å². The maximum atomic E-state index is 13.3. The molecule has 0 spiro atoms. The molecule has 3 aromatic rings. The summed E-state index contributed by atoms with van der Waals surface area (Å²) in [5.74, 6) is -0.438. The van der Waals surface area contributed by atoms with E-state index in [1.54, 1.807) is 29.8 Å². The predicted octanol–water partition coefficient (Wildman–Crippen LogP) is 3.17. The van der Waals surface area contributed by atoms with E-state index in [9.17, 15) is 9.59 Å². The molecule has 0 bridgehead atoms. The highest BCUT2D eigenvalue weighted by Gasteiger charge is 2.33. The first kappa shape index (κ1) is 19.5. The Morgan fingerprint density at radius 1 is 1.24 bits per heavy atom. The number of aryl methyl sites for hydroxylation is 1. The number of esters is 1. The van der Waals surface area contributed by atoms with Gasteiger partial charge in [0.05, 0.1) is 28.5 Å². The van der Waals surface area contributed by atoms with E-state index >= 15 is 0 Å². The second-order valence-corrected chi connectivity index (χ2v) is 8.72. The number of hydrogen-bond acceptors (Lipinski definition) is 6. The van der Waals surface area contributed by atoms with Crippen molar-refractivity contribution >= 4 is 34.7 Å². The summed E-state index contributed by atoms with van der Waals surface area (Å²) in [7, 11) is 0. The number of benzene rings is 1. The summed E-state index contributed by atoms with van der Waals surface area (Å²) in [6, 6.07) is 11.2. The third kappa shape index (κ3) is 3.63. The van der Waals surface area contributed by atoms with E-state index in [0.717, 1.165) is 16.0 Å². The number of thiazole rings is 1. The van der Waals surface area contributed by atoms with Crippen LogP contribution in [0.3, 0.4) is 0 Å². The van der Waals surface area contributed by atoms with E-state index in [4.69, 9.17) is 4.74 Å². The molecule has 1 aliphatic rings. The highest BCUT2D eigenvalue weighted by Crippen LogP contribution is 2.30. The summed E-state index contributed by atoms with van der Waals surface area (Å²) in [6.45, 7) is 5.83. The smallest absolute Gasteiger partial charge is 0.338 e. The Morgan fingerprint density at radius 2 is 2.00 bits per heavy atom. The van der Waals surface area contributed by atoms with Gasteiger partial charge in [0, 0.05) is 4.88 Å². The molecule has 0 fully saturated rings. The van der Waals surface area contributed by atoms with Gasteiger partial charge in [-0.3, -0.25) is 9.36 Å². The molecule has 0 aliphatic carbocycles. The first-order valence-electron chi connectivity index (χ1n) is 9.29. The summed E-state index contributed by atoms with van der Waals surface area (Å²) >= 11 is 2.91. The molecule has 4 rings (SSSR count). The van der Waals surface area contributed by atoms with Crippen molar-refractivity contribution in [2.24, 2.45) is 4.99 Å². The third-order valence-corrected chi connectivity index (χ3v) is 6.53. The summed E-state index contributed by atoms with van der Waals surface area (Å²) in [4.78, 5) is 32.3. The van der Waals surface area contributed by atoms with Crippen molar-refractivity contribution in [2.45, 2.75) is 26.8 Å². The molecule has 0 saturated heterocycles. The van der Waals surface area contributed by atoms with Crippen LogP contribution in [0.4, 0.5) is 0 Å². The molecule has 7 heteroatoms. The predicted molar refractivity (Wildman–Crippen MR) is 116 cm³/mol. The number of thiophene rings is 1. The highest BCUT2D eigenvalue weighted by atomic mass is 32.1. The molecule has 0 N–H and O–H groups in total. The molecule has 3 heterocycles. The summed E-state index contributed by atoms with van der Waals surface area (Å²) in [5.41, 5.74) is 2.81. The van der Waals surface area contributed by atoms with E-state index in [0.29, 0.717) is 20.6 Å². The second-order valence-electron chi connectivity index (χ2n) is 6.73. The van der Waals surface area contributed by atoms with E-state index < -0.39 is 12.0 Å². The largest absolute Gasteiger partial charge is 0.463 e. The van der Waals surface area contributed by atoms with Crippen molar-refractivity contribution in [3.05, 3.63) is 88.7 Å². The standard InChI is InChI=1S/C22H20N2O3S2/c1-4-27-21(26)18-14(3)23-22-24(19(18)15-9-7-13(2)8-10-15)20(25)17(29-22)12-16-6-5-11-28-16/h5-12,19H,4H2,1-3H3/b17-12-/t19-/m0/s1. The number of carbonyl (C=O) groups is 1. The molecule has 1 aromatic carbocycles. The van der Waals surface area contributed by atoms with Crippen LogP contribution >= 0.6 is 22.7 Å². The number of aromatic nitrogens is 1. The zero-order valence-corrected chi connectivity index (χ0v) is 18.0. The Labute approximate surface area is 175 Å². The Morgan fingerprint density at radius 3 is 2.66 bits per heavy atom. The van der Waals surface area contributed by atoms with Crippen LogP contribution in [0.2, 0.25) is 0 Å². The van der Waals surface area contributed by atoms with Crippen LogP contribution in [0.5, 0.6) is 0 Å². The molecule has 0 unspecified atom stereocenters. The number of nitrogens with zero attached hydrogens (tertiary/aromatic N) is 2. The molecular weight excluding hydrogens is 404 g/mol. The minimum Gasteiger partial charge on any atom is -0.463 e. The number of rotatable bonds is 4. The van der Waals surface area contributed by atoms with Crippen molar-refractivity contribution in [1.29, 1.82) is 0 Å². The first-order valence-corrected chi connectivity index (χ1v) is 11.0. The number of carbonyl (C=O) groups excluding carboxylic acids is 1. The lowest BCUT2D eigenvalue weighted by Crippen LogP contribution is -2.39. The first-order chi connectivity index (χ1) is 14.0. The maximum absolute atomic E-state index is 13.3. The molecule has 1 atom stereocenters. The zero-order chi connectivity index (χ0) is 20.5. The van der Waals surface area contributed by atoms with Crippen molar-refractivity contribution < 1.29 is 9.53 Å². The number of ether oxygens (including phenoxy) is 1.